The van der Waals surface area contributed by atoms with E-state index in [1.807, 2.05) is 49.4 Å². The zero-order chi connectivity index (χ0) is 20.6. The van der Waals surface area contributed by atoms with Crippen molar-refractivity contribution in [1.29, 1.82) is 0 Å². The molecule has 0 aliphatic heterocycles. The second-order valence-electron chi connectivity index (χ2n) is 7.52. The van der Waals surface area contributed by atoms with Gasteiger partial charge >= 0.3 is 0 Å². The topological polar surface area (TPSA) is 64.4 Å². The molecule has 1 heterocycles. The third-order valence-electron chi connectivity index (χ3n) is 4.45. The zero-order valence-corrected chi connectivity index (χ0v) is 17.3. The van der Waals surface area contributed by atoms with E-state index in [9.17, 15) is 4.79 Å². The fraction of sp³-hybridized carbons (Fsp3) is 0.333. The highest BCUT2D eigenvalue weighted by Gasteiger charge is 2.16. The van der Waals surface area contributed by atoms with Gasteiger partial charge in [-0.3, -0.25) is 4.79 Å². The van der Waals surface area contributed by atoms with Crippen molar-refractivity contribution in [3.05, 3.63) is 65.9 Å². The molecule has 5 nitrogen and oxygen atoms in total. The summed E-state index contributed by atoms with van der Waals surface area (Å²) in [6, 6.07) is 15.4. The number of rotatable bonds is 9. The van der Waals surface area contributed by atoms with Gasteiger partial charge in [0, 0.05) is 30.9 Å². The van der Waals surface area contributed by atoms with E-state index in [2.05, 4.69) is 24.1 Å². The van der Waals surface area contributed by atoms with Gasteiger partial charge in [-0.05, 0) is 31.4 Å². The van der Waals surface area contributed by atoms with Gasteiger partial charge in [-0.1, -0.05) is 55.8 Å². The van der Waals surface area contributed by atoms with E-state index in [4.69, 9.17) is 9.15 Å². The van der Waals surface area contributed by atoms with Gasteiger partial charge < -0.3 is 14.5 Å². The minimum absolute atomic E-state index is 0.139. The van der Waals surface area contributed by atoms with E-state index >= 15 is 0 Å². The van der Waals surface area contributed by atoms with E-state index in [1.54, 1.807) is 12.3 Å². The normalized spacial score (nSPS) is 11.0. The second kappa shape index (κ2) is 10.0. The largest absolute Gasteiger partial charge is 0.436 e. The number of nitrogens with zero attached hydrogens (tertiary/aromatic N) is 1. The average molecular weight is 392 g/mol. The molecule has 2 aromatic carbocycles. The number of nitrogens with one attached hydrogen (secondary N) is 1. The van der Waals surface area contributed by atoms with Crippen molar-refractivity contribution >= 4 is 5.91 Å². The summed E-state index contributed by atoms with van der Waals surface area (Å²) in [4.78, 5) is 17.1. The minimum atomic E-state index is -0.139. The zero-order valence-electron chi connectivity index (χ0n) is 17.3. The molecular weight excluding hydrogens is 364 g/mol. The van der Waals surface area contributed by atoms with Crippen molar-refractivity contribution < 1.29 is 13.9 Å². The first-order chi connectivity index (χ1) is 14.0. The number of aromatic nitrogens is 1. The van der Waals surface area contributed by atoms with Gasteiger partial charge in [0.05, 0.1) is 11.8 Å². The monoisotopic (exact) mass is 392 g/mol. The molecule has 152 valence electrons. The first-order valence-electron chi connectivity index (χ1n) is 10.0. The van der Waals surface area contributed by atoms with Crippen LogP contribution in [0.4, 0.5) is 0 Å². The van der Waals surface area contributed by atoms with Crippen molar-refractivity contribution in [3.63, 3.8) is 0 Å². The van der Waals surface area contributed by atoms with Crippen LogP contribution in [-0.2, 0) is 4.74 Å². The molecule has 0 saturated heterocycles. The maximum atomic E-state index is 12.7. The smallest absolute Gasteiger partial charge is 0.252 e. The molecule has 0 aliphatic rings. The predicted octanol–water partition coefficient (Wildman–Crippen LogP) is 5.11. The molecule has 0 saturated carbocycles. The van der Waals surface area contributed by atoms with Crippen LogP contribution in [-0.4, -0.2) is 30.6 Å². The van der Waals surface area contributed by atoms with Crippen LogP contribution in [0.5, 0.6) is 0 Å². The molecule has 0 atom stereocenters. The van der Waals surface area contributed by atoms with E-state index < -0.39 is 0 Å². The Labute approximate surface area is 172 Å². The standard InChI is InChI=1S/C24H28N2O3/c1-17(2)16-28-14-6-13-25-23(27)20-7-4-5-8-21(20)24-26-15-22(29-24)19-11-9-18(3)10-12-19/h4-5,7-12,15,17H,6,13-14,16H2,1-3H3,(H,25,27). The van der Waals surface area contributed by atoms with Crippen LogP contribution >= 0.6 is 0 Å². The van der Waals surface area contributed by atoms with Crippen LogP contribution in [0, 0.1) is 12.8 Å². The maximum absolute atomic E-state index is 12.7. The molecule has 3 aromatic rings. The minimum Gasteiger partial charge on any atom is -0.436 e. The summed E-state index contributed by atoms with van der Waals surface area (Å²) in [6.45, 7) is 8.22. The van der Waals surface area contributed by atoms with E-state index in [0.717, 1.165) is 18.6 Å². The Balaban J connectivity index is 1.66. The van der Waals surface area contributed by atoms with Crippen molar-refractivity contribution in [2.45, 2.75) is 27.2 Å². The lowest BCUT2D eigenvalue weighted by Crippen LogP contribution is -2.26. The summed E-state index contributed by atoms with van der Waals surface area (Å²) < 4.78 is 11.5. The summed E-state index contributed by atoms with van der Waals surface area (Å²) in [6.07, 6.45) is 2.47. The molecule has 0 spiro atoms. The first-order valence-corrected chi connectivity index (χ1v) is 10.0. The summed E-state index contributed by atoms with van der Waals surface area (Å²) in [5.74, 6) is 1.49. The van der Waals surface area contributed by atoms with Crippen LogP contribution in [0.15, 0.2) is 59.1 Å². The fourth-order valence-corrected chi connectivity index (χ4v) is 2.91. The Morgan fingerprint density at radius 3 is 2.66 bits per heavy atom. The number of hydrogen-bond donors (Lipinski definition) is 1. The van der Waals surface area contributed by atoms with Gasteiger partial charge in [-0.25, -0.2) is 4.98 Å². The van der Waals surface area contributed by atoms with E-state index in [1.165, 1.54) is 5.56 Å². The summed E-state index contributed by atoms with van der Waals surface area (Å²) in [7, 11) is 0. The molecule has 0 unspecified atom stereocenters. The highest BCUT2D eigenvalue weighted by Crippen LogP contribution is 2.28. The first kappa shape index (κ1) is 20.8. The van der Waals surface area contributed by atoms with Gasteiger partial charge in [0.2, 0.25) is 5.89 Å². The fourth-order valence-electron chi connectivity index (χ4n) is 2.91. The Kier molecular flexibility index (Phi) is 7.19. The number of carbonyl (C=O) groups is 1. The lowest BCUT2D eigenvalue weighted by atomic mass is 10.1. The van der Waals surface area contributed by atoms with Crippen LogP contribution in [0.3, 0.4) is 0 Å². The number of amides is 1. The molecule has 3 rings (SSSR count). The number of carbonyl (C=O) groups excluding carboxylic acids is 1. The van der Waals surface area contributed by atoms with Gasteiger partial charge in [-0.2, -0.15) is 0 Å². The number of aryl methyl sites for hydroxylation is 1. The number of hydrogen-bond acceptors (Lipinski definition) is 4. The lowest BCUT2D eigenvalue weighted by Gasteiger charge is -2.09. The molecule has 5 heteroatoms. The molecule has 29 heavy (non-hydrogen) atoms. The highest BCUT2D eigenvalue weighted by atomic mass is 16.5. The predicted molar refractivity (Wildman–Crippen MR) is 115 cm³/mol. The SMILES string of the molecule is Cc1ccc(-c2cnc(-c3ccccc3C(=O)NCCCOCC(C)C)o2)cc1. The van der Waals surface area contributed by atoms with Crippen molar-refractivity contribution in [2.75, 3.05) is 19.8 Å². The van der Waals surface area contributed by atoms with E-state index in [0.29, 0.717) is 41.8 Å². The second-order valence-corrected chi connectivity index (χ2v) is 7.52. The maximum Gasteiger partial charge on any atom is 0.252 e. The quantitative estimate of drug-likeness (QED) is 0.514. The lowest BCUT2D eigenvalue weighted by molar-refractivity contribution is 0.0925. The molecule has 1 N–H and O–H groups in total. The average Bonchev–Trinajstić information content (AvgIpc) is 3.21. The van der Waals surface area contributed by atoms with Gasteiger partial charge in [0.15, 0.2) is 5.76 Å². The number of ether oxygens (including phenoxy) is 1. The molecule has 0 radical (unpaired) electrons. The summed E-state index contributed by atoms with van der Waals surface area (Å²) >= 11 is 0. The van der Waals surface area contributed by atoms with Crippen molar-refractivity contribution in [1.82, 2.24) is 10.3 Å². The van der Waals surface area contributed by atoms with Crippen LogP contribution in [0.1, 0.15) is 36.2 Å². The Hall–Kier alpha value is -2.92. The molecule has 1 aromatic heterocycles. The van der Waals surface area contributed by atoms with Crippen LogP contribution in [0.25, 0.3) is 22.8 Å². The van der Waals surface area contributed by atoms with Gasteiger partial charge in [0.1, 0.15) is 0 Å². The van der Waals surface area contributed by atoms with Crippen molar-refractivity contribution in [2.24, 2.45) is 5.92 Å². The summed E-state index contributed by atoms with van der Waals surface area (Å²) in [5.41, 5.74) is 3.37. The number of benzene rings is 2. The third-order valence-corrected chi connectivity index (χ3v) is 4.45. The molecule has 0 fully saturated rings. The Morgan fingerprint density at radius 2 is 1.90 bits per heavy atom. The highest BCUT2D eigenvalue weighted by molar-refractivity contribution is 6.00. The summed E-state index contributed by atoms with van der Waals surface area (Å²) in [5, 5.41) is 2.95. The number of oxazole rings is 1. The van der Waals surface area contributed by atoms with Gasteiger partial charge in [-0.15, -0.1) is 0 Å². The molecular formula is C24H28N2O3. The third kappa shape index (κ3) is 5.78. The Morgan fingerprint density at radius 1 is 1.14 bits per heavy atom. The van der Waals surface area contributed by atoms with Crippen molar-refractivity contribution in [3.8, 4) is 22.8 Å². The van der Waals surface area contributed by atoms with Crippen LogP contribution in [0.2, 0.25) is 0 Å². The van der Waals surface area contributed by atoms with Crippen LogP contribution < -0.4 is 5.32 Å². The molecule has 1 amide bonds. The molecule has 0 bridgehead atoms. The van der Waals surface area contributed by atoms with Gasteiger partial charge in [0.25, 0.3) is 5.91 Å². The Bertz CT molecular complexity index is 929. The molecule has 0 aliphatic carbocycles. The van der Waals surface area contributed by atoms with E-state index in [-0.39, 0.29) is 5.91 Å².